The van der Waals surface area contributed by atoms with Crippen molar-refractivity contribution >= 4 is 9.05 Å². The number of hydrogen-bond acceptors (Lipinski definition) is 5. The second-order valence-corrected chi connectivity index (χ2v) is 6.53. The maximum absolute atomic E-state index is 5.70. The molecule has 112 valence electrons. The average Bonchev–Trinajstić information content (AvgIpc) is 2.55. The van der Waals surface area contributed by atoms with Crippen molar-refractivity contribution in [1.29, 1.82) is 0 Å². The number of benzene rings is 2. The second kappa shape index (κ2) is 7.23. The highest BCUT2D eigenvalue weighted by molar-refractivity contribution is 6.54. The molecule has 2 aromatic rings. The molecule has 5 nitrogen and oxygen atoms in total. The largest absolute Gasteiger partial charge is 0.748 e. The van der Waals surface area contributed by atoms with Crippen molar-refractivity contribution in [1.82, 2.24) is 0 Å². The SMILES string of the molecule is CO[Si](OC)(OC)Oc1ccc(Oc2ccccc2)cc1. The van der Waals surface area contributed by atoms with Gasteiger partial charge in [-0.15, -0.1) is 0 Å². The first-order valence-electron chi connectivity index (χ1n) is 6.39. The third-order valence-corrected chi connectivity index (χ3v) is 4.78. The summed E-state index contributed by atoms with van der Waals surface area (Å²) in [6, 6.07) is 16.7. The Morgan fingerprint density at radius 2 is 1.10 bits per heavy atom. The van der Waals surface area contributed by atoms with Crippen molar-refractivity contribution in [3.63, 3.8) is 0 Å². The Bertz CT molecular complexity index is 531. The van der Waals surface area contributed by atoms with E-state index in [0.717, 1.165) is 5.75 Å². The van der Waals surface area contributed by atoms with Gasteiger partial charge in [0.25, 0.3) is 0 Å². The summed E-state index contributed by atoms with van der Waals surface area (Å²) in [7, 11) is 1.39. The highest BCUT2D eigenvalue weighted by Crippen LogP contribution is 2.25. The van der Waals surface area contributed by atoms with Crippen LogP contribution < -0.4 is 9.16 Å². The third kappa shape index (κ3) is 4.05. The highest BCUT2D eigenvalue weighted by Gasteiger charge is 2.45. The lowest BCUT2D eigenvalue weighted by atomic mass is 10.3. The molecular formula is C15H18O5Si. The molecule has 0 saturated heterocycles. The van der Waals surface area contributed by atoms with Gasteiger partial charge in [0.15, 0.2) is 0 Å². The minimum atomic E-state index is -3.09. The molecular weight excluding hydrogens is 288 g/mol. The maximum Gasteiger partial charge on any atom is 0.748 e. The van der Waals surface area contributed by atoms with Crippen LogP contribution in [0.5, 0.6) is 17.2 Å². The fourth-order valence-electron chi connectivity index (χ4n) is 1.72. The van der Waals surface area contributed by atoms with E-state index in [9.17, 15) is 0 Å². The summed E-state index contributed by atoms with van der Waals surface area (Å²) < 4.78 is 27.0. The zero-order chi connectivity index (χ0) is 15.1. The summed E-state index contributed by atoms with van der Waals surface area (Å²) >= 11 is 0. The first-order chi connectivity index (χ1) is 10.2. The molecule has 0 bridgehead atoms. The molecule has 0 aliphatic rings. The smallest absolute Gasteiger partial charge is 0.480 e. The van der Waals surface area contributed by atoms with Crippen LogP contribution in [0.1, 0.15) is 0 Å². The van der Waals surface area contributed by atoms with Crippen molar-refractivity contribution in [2.24, 2.45) is 0 Å². The molecule has 0 amide bonds. The topological polar surface area (TPSA) is 46.2 Å². The molecule has 0 unspecified atom stereocenters. The lowest BCUT2D eigenvalue weighted by molar-refractivity contribution is 0.0510. The molecule has 0 aromatic heterocycles. The van der Waals surface area contributed by atoms with Crippen molar-refractivity contribution in [2.45, 2.75) is 0 Å². The van der Waals surface area contributed by atoms with Gasteiger partial charge >= 0.3 is 9.05 Å². The second-order valence-electron chi connectivity index (χ2n) is 4.10. The third-order valence-electron chi connectivity index (χ3n) is 2.80. The molecule has 2 aromatic carbocycles. The predicted octanol–water partition coefficient (Wildman–Crippen LogP) is 3.23. The molecule has 0 aliphatic carbocycles. The Morgan fingerprint density at radius 1 is 0.619 bits per heavy atom. The molecule has 0 radical (unpaired) electrons. The molecule has 0 N–H and O–H groups in total. The van der Waals surface area contributed by atoms with E-state index in [0.29, 0.717) is 11.5 Å². The number of ether oxygens (including phenoxy) is 1. The quantitative estimate of drug-likeness (QED) is 0.735. The summed E-state index contributed by atoms with van der Waals surface area (Å²) in [5, 5.41) is 0. The van der Waals surface area contributed by atoms with E-state index in [1.54, 1.807) is 12.1 Å². The minimum Gasteiger partial charge on any atom is -0.480 e. The van der Waals surface area contributed by atoms with Crippen LogP contribution in [0.15, 0.2) is 54.6 Å². The van der Waals surface area contributed by atoms with Crippen molar-refractivity contribution in [2.75, 3.05) is 21.3 Å². The van der Waals surface area contributed by atoms with Gasteiger partial charge < -0.3 is 22.4 Å². The van der Waals surface area contributed by atoms with E-state index in [1.165, 1.54) is 21.3 Å². The fraction of sp³-hybridized carbons (Fsp3) is 0.200. The van der Waals surface area contributed by atoms with E-state index in [1.807, 2.05) is 42.5 Å². The first-order valence-corrected chi connectivity index (χ1v) is 8.02. The Hall–Kier alpha value is -1.86. The van der Waals surface area contributed by atoms with Crippen LogP contribution in [0, 0.1) is 0 Å². The summed E-state index contributed by atoms with van der Waals surface area (Å²) in [6.45, 7) is 0. The summed E-state index contributed by atoms with van der Waals surface area (Å²) in [6.07, 6.45) is 0. The molecule has 0 heterocycles. The van der Waals surface area contributed by atoms with Crippen molar-refractivity contribution < 1.29 is 22.4 Å². The molecule has 2 rings (SSSR count). The van der Waals surface area contributed by atoms with Gasteiger partial charge in [0.2, 0.25) is 0 Å². The van der Waals surface area contributed by atoms with Crippen LogP contribution in [0.25, 0.3) is 0 Å². The van der Waals surface area contributed by atoms with E-state index in [4.69, 9.17) is 22.4 Å². The molecule has 0 aliphatic heterocycles. The summed E-state index contributed by atoms with van der Waals surface area (Å²) in [5.41, 5.74) is 0. The minimum absolute atomic E-state index is 0.590. The standard InChI is InChI=1S/C15H18O5Si/c1-16-21(17-2,18-3)20-15-11-9-14(10-12-15)19-13-7-5-4-6-8-13/h4-12H,1-3H3. The van der Waals surface area contributed by atoms with E-state index < -0.39 is 9.05 Å². The molecule has 0 saturated carbocycles. The molecule has 0 fully saturated rings. The van der Waals surface area contributed by atoms with Crippen LogP contribution in [0.3, 0.4) is 0 Å². The summed E-state index contributed by atoms with van der Waals surface area (Å²) in [4.78, 5) is 0. The lowest BCUT2D eigenvalue weighted by Gasteiger charge is -2.23. The highest BCUT2D eigenvalue weighted by atomic mass is 28.4. The van der Waals surface area contributed by atoms with Crippen molar-refractivity contribution in [3.8, 4) is 17.2 Å². The van der Waals surface area contributed by atoms with Gasteiger partial charge in [-0.05, 0) is 36.4 Å². The average molecular weight is 306 g/mol. The van der Waals surface area contributed by atoms with Gasteiger partial charge in [0, 0.05) is 21.3 Å². The van der Waals surface area contributed by atoms with E-state index in [-0.39, 0.29) is 0 Å². The predicted molar refractivity (Wildman–Crippen MR) is 80.4 cm³/mol. The van der Waals surface area contributed by atoms with Gasteiger partial charge in [-0.1, -0.05) is 18.2 Å². The Kier molecular flexibility index (Phi) is 5.35. The number of rotatable bonds is 7. The zero-order valence-electron chi connectivity index (χ0n) is 12.2. The van der Waals surface area contributed by atoms with Gasteiger partial charge in [0.1, 0.15) is 17.2 Å². The van der Waals surface area contributed by atoms with Crippen LogP contribution in [-0.2, 0) is 13.3 Å². The molecule has 0 spiro atoms. The van der Waals surface area contributed by atoms with Crippen LogP contribution in [0.4, 0.5) is 0 Å². The molecule has 6 heteroatoms. The molecule has 21 heavy (non-hydrogen) atoms. The molecule has 0 atom stereocenters. The fourth-order valence-corrected chi connectivity index (χ4v) is 2.89. The van der Waals surface area contributed by atoms with Gasteiger partial charge in [0.05, 0.1) is 0 Å². The van der Waals surface area contributed by atoms with E-state index >= 15 is 0 Å². The van der Waals surface area contributed by atoms with Gasteiger partial charge in [-0.3, -0.25) is 0 Å². The monoisotopic (exact) mass is 306 g/mol. The normalized spacial score (nSPS) is 11.2. The first kappa shape index (κ1) is 15.5. The Labute approximate surface area is 125 Å². The van der Waals surface area contributed by atoms with E-state index in [2.05, 4.69) is 0 Å². The lowest BCUT2D eigenvalue weighted by Crippen LogP contribution is -2.49. The Morgan fingerprint density at radius 3 is 1.62 bits per heavy atom. The number of hydrogen-bond donors (Lipinski definition) is 0. The number of para-hydroxylation sites is 1. The maximum atomic E-state index is 5.70. The van der Waals surface area contributed by atoms with Crippen LogP contribution in [0.2, 0.25) is 0 Å². The van der Waals surface area contributed by atoms with Gasteiger partial charge in [-0.2, -0.15) is 0 Å². The van der Waals surface area contributed by atoms with Gasteiger partial charge in [-0.25, -0.2) is 0 Å². The van der Waals surface area contributed by atoms with Crippen LogP contribution in [-0.4, -0.2) is 30.4 Å². The Balaban J connectivity index is 2.05. The van der Waals surface area contributed by atoms with Crippen LogP contribution >= 0.6 is 0 Å². The summed E-state index contributed by atoms with van der Waals surface area (Å²) in [5.74, 6) is 2.08. The van der Waals surface area contributed by atoms with Crippen molar-refractivity contribution in [3.05, 3.63) is 54.6 Å². The zero-order valence-corrected chi connectivity index (χ0v) is 13.2.